The molecular weight excluding hydrogens is 562 g/mol. The average Bonchev–Trinajstić information content (AvgIpc) is 3.77. The maximum absolute atomic E-state index is 16.2. The van der Waals surface area contributed by atoms with E-state index in [1.807, 2.05) is 37.3 Å². The molecule has 0 aliphatic carbocycles. The molecule has 6 heterocycles. The number of imidazole rings is 1. The summed E-state index contributed by atoms with van der Waals surface area (Å²) < 4.78 is 30.9. The van der Waals surface area contributed by atoms with E-state index in [1.54, 1.807) is 24.8 Å². The molecule has 0 radical (unpaired) electrons. The summed E-state index contributed by atoms with van der Waals surface area (Å²) in [6.45, 7) is 4.36. The van der Waals surface area contributed by atoms with Crippen LogP contribution in [-0.4, -0.2) is 85.2 Å². The quantitative estimate of drug-likeness (QED) is 0.202. The van der Waals surface area contributed by atoms with E-state index in [2.05, 4.69) is 40.3 Å². The lowest BCUT2D eigenvalue weighted by Crippen LogP contribution is -2.20. The van der Waals surface area contributed by atoms with Gasteiger partial charge in [0.1, 0.15) is 17.2 Å². The number of hydrogen-bond donors (Lipinski definition) is 3. The molecule has 3 N–H and O–H groups in total. The van der Waals surface area contributed by atoms with E-state index >= 15 is 4.39 Å². The van der Waals surface area contributed by atoms with Crippen molar-refractivity contribution in [2.75, 3.05) is 45.6 Å². The minimum absolute atomic E-state index is 0.198. The number of fused-ring (bicyclic) bond motifs is 2. The van der Waals surface area contributed by atoms with Crippen LogP contribution < -0.4 is 5.32 Å². The Balaban J connectivity index is 1.25. The summed E-state index contributed by atoms with van der Waals surface area (Å²) in [5, 5.41) is 10.8. The number of benzene rings is 1. The van der Waals surface area contributed by atoms with Gasteiger partial charge >= 0.3 is 0 Å². The molecule has 44 heavy (non-hydrogen) atoms. The van der Waals surface area contributed by atoms with Crippen molar-refractivity contribution in [1.29, 1.82) is 0 Å². The monoisotopic (exact) mass is 594 g/mol. The van der Waals surface area contributed by atoms with Crippen LogP contribution >= 0.6 is 0 Å². The van der Waals surface area contributed by atoms with Gasteiger partial charge in [0.05, 0.1) is 34.3 Å². The Morgan fingerprint density at radius 3 is 2.59 bits per heavy atom. The molecule has 1 aromatic carbocycles. The minimum atomic E-state index is -0.510. The van der Waals surface area contributed by atoms with Crippen LogP contribution in [0.2, 0.25) is 0 Å². The van der Waals surface area contributed by atoms with Gasteiger partial charge < -0.3 is 15.2 Å². The fourth-order valence-electron chi connectivity index (χ4n) is 5.78. The summed E-state index contributed by atoms with van der Waals surface area (Å²) in [5.74, 6) is -0.524. The molecule has 6 aromatic rings. The van der Waals surface area contributed by atoms with Crippen molar-refractivity contribution in [3.05, 3.63) is 72.4 Å². The third kappa shape index (κ3) is 5.49. The smallest absolute Gasteiger partial charge is 0.161 e. The number of rotatable bonds is 9. The summed E-state index contributed by atoms with van der Waals surface area (Å²) in [5.41, 5.74) is 5.70. The molecule has 0 saturated carbocycles. The molecule has 10 nitrogen and oxygen atoms in total. The van der Waals surface area contributed by atoms with Crippen molar-refractivity contribution in [2.45, 2.75) is 19.4 Å². The Hall–Kier alpha value is -4.81. The van der Waals surface area contributed by atoms with Crippen molar-refractivity contribution in [3.8, 4) is 33.9 Å². The van der Waals surface area contributed by atoms with Crippen LogP contribution in [0.1, 0.15) is 18.4 Å². The first-order valence-corrected chi connectivity index (χ1v) is 14.7. The molecule has 12 heteroatoms. The van der Waals surface area contributed by atoms with E-state index in [1.165, 1.54) is 25.0 Å². The minimum Gasteiger partial charge on any atom is -0.384 e. The van der Waals surface area contributed by atoms with E-state index in [4.69, 9.17) is 4.98 Å². The second-order valence-electron chi connectivity index (χ2n) is 11.5. The fraction of sp³-hybridized carbons (Fsp3) is 0.281. The normalized spacial score (nSPS) is 13.9. The zero-order valence-corrected chi connectivity index (χ0v) is 24.5. The average molecular weight is 595 g/mol. The van der Waals surface area contributed by atoms with Gasteiger partial charge in [-0.1, -0.05) is 0 Å². The molecule has 1 fully saturated rings. The van der Waals surface area contributed by atoms with Crippen LogP contribution in [0, 0.1) is 11.6 Å². The van der Waals surface area contributed by atoms with Crippen molar-refractivity contribution >= 4 is 27.6 Å². The zero-order chi connectivity index (χ0) is 30.2. The number of likely N-dealkylation sites (tertiary alicyclic amines) is 1. The molecule has 0 amide bonds. The number of halogens is 2. The Labute approximate surface area is 252 Å². The van der Waals surface area contributed by atoms with Crippen LogP contribution in [0.5, 0.6) is 0 Å². The number of pyridine rings is 3. The standard InChI is InChI=1S/C32H32F2N10/c1-43(2)8-5-37-23-11-20(10-22(33)12-23)24-15-36-16-26-30(24)40-32(39-26)31-27-25(41-42-31)17-38-29(28(27)34)21-9-19(13-35-14-21)18-44-6-3-4-7-44/h9-17,37H,3-8,18H2,1-2H3,(H,39,40)(H,41,42). The topological polar surface area (TPSA) is 115 Å². The lowest BCUT2D eigenvalue weighted by molar-refractivity contribution is 0.331. The summed E-state index contributed by atoms with van der Waals surface area (Å²) in [7, 11) is 3.97. The van der Waals surface area contributed by atoms with Gasteiger partial charge in [0.15, 0.2) is 11.6 Å². The molecule has 5 aromatic heterocycles. The molecule has 1 aliphatic heterocycles. The predicted octanol–water partition coefficient (Wildman–Crippen LogP) is 5.47. The molecule has 0 unspecified atom stereocenters. The summed E-state index contributed by atoms with van der Waals surface area (Å²) >= 11 is 0. The number of H-pyrrole nitrogens is 2. The Kier molecular flexibility index (Phi) is 7.44. The highest BCUT2D eigenvalue weighted by Crippen LogP contribution is 2.35. The predicted molar refractivity (Wildman–Crippen MR) is 167 cm³/mol. The van der Waals surface area contributed by atoms with Crippen molar-refractivity contribution in [1.82, 2.24) is 44.9 Å². The zero-order valence-electron chi connectivity index (χ0n) is 24.5. The maximum atomic E-state index is 16.2. The lowest BCUT2D eigenvalue weighted by Gasteiger charge is -2.14. The number of nitrogens with zero attached hydrogens (tertiary/aromatic N) is 7. The second-order valence-corrected chi connectivity index (χ2v) is 11.5. The number of hydrogen-bond acceptors (Lipinski definition) is 8. The van der Waals surface area contributed by atoms with Gasteiger partial charge in [-0.2, -0.15) is 5.10 Å². The van der Waals surface area contributed by atoms with Crippen LogP contribution in [0.3, 0.4) is 0 Å². The highest BCUT2D eigenvalue weighted by Gasteiger charge is 2.22. The van der Waals surface area contributed by atoms with E-state index in [0.717, 1.165) is 31.7 Å². The number of nitrogens with one attached hydrogen (secondary N) is 3. The van der Waals surface area contributed by atoms with E-state index in [9.17, 15) is 4.39 Å². The van der Waals surface area contributed by atoms with Crippen LogP contribution in [-0.2, 0) is 6.54 Å². The van der Waals surface area contributed by atoms with Crippen LogP contribution in [0.15, 0.2) is 55.2 Å². The first-order chi connectivity index (χ1) is 21.4. The number of anilines is 1. The second kappa shape index (κ2) is 11.7. The molecular formula is C32H32F2N10. The van der Waals surface area contributed by atoms with Crippen LogP contribution in [0.4, 0.5) is 14.5 Å². The Morgan fingerprint density at radius 2 is 1.75 bits per heavy atom. The molecule has 0 spiro atoms. The lowest BCUT2D eigenvalue weighted by atomic mass is 10.1. The highest BCUT2D eigenvalue weighted by atomic mass is 19.1. The third-order valence-electron chi connectivity index (χ3n) is 7.93. The summed E-state index contributed by atoms with van der Waals surface area (Å²) in [6.07, 6.45) is 10.7. The first kappa shape index (κ1) is 28.0. The van der Waals surface area contributed by atoms with Crippen LogP contribution in [0.25, 0.3) is 55.8 Å². The largest absolute Gasteiger partial charge is 0.384 e. The molecule has 224 valence electrons. The van der Waals surface area contributed by atoms with Crippen molar-refractivity contribution in [3.63, 3.8) is 0 Å². The maximum Gasteiger partial charge on any atom is 0.161 e. The first-order valence-electron chi connectivity index (χ1n) is 14.7. The Morgan fingerprint density at radius 1 is 0.909 bits per heavy atom. The third-order valence-corrected chi connectivity index (χ3v) is 7.93. The van der Waals surface area contributed by atoms with Gasteiger partial charge in [0.2, 0.25) is 0 Å². The SMILES string of the molecule is CN(C)CCNc1cc(F)cc(-c2cncc3[nH]c(-c4n[nH]c5cnc(-c6cncc(CN7CCCC7)c6)c(F)c45)nc23)c1. The summed E-state index contributed by atoms with van der Waals surface area (Å²) in [4.78, 5) is 25.6. The Bertz CT molecular complexity index is 1960. The molecule has 1 saturated heterocycles. The van der Waals surface area contributed by atoms with Gasteiger partial charge in [-0.3, -0.25) is 25.0 Å². The number of likely N-dealkylation sites (N-methyl/N-ethyl adjacent to an activating group) is 1. The van der Waals surface area contributed by atoms with Gasteiger partial charge in [-0.05, 0) is 75.4 Å². The highest BCUT2D eigenvalue weighted by molar-refractivity contribution is 5.98. The van der Waals surface area contributed by atoms with Gasteiger partial charge in [0.25, 0.3) is 0 Å². The van der Waals surface area contributed by atoms with E-state index in [0.29, 0.717) is 57.0 Å². The summed E-state index contributed by atoms with van der Waals surface area (Å²) in [6, 6.07) is 6.74. The van der Waals surface area contributed by atoms with Crippen molar-refractivity contribution < 1.29 is 8.78 Å². The molecule has 7 rings (SSSR count). The fourth-order valence-corrected chi connectivity index (χ4v) is 5.78. The molecule has 0 bridgehead atoms. The van der Waals surface area contributed by atoms with Crippen molar-refractivity contribution in [2.24, 2.45) is 0 Å². The van der Waals surface area contributed by atoms with Gasteiger partial charge in [-0.15, -0.1) is 0 Å². The van der Waals surface area contributed by atoms with Gasteiger partial charge in [-0.25, -0.2) is 13.8 Å². The van der Waals surface area contributed by atoms with E-state index < -0.39 is 5.82 Å². The number of aromatic nitrogens is 7. The number of aromatic amines is 2. The molecule has 1 aliphatic rings. The molecule has 0 atom stereocenters. The van der Waals surface area contributed by atoms with Gasteiger partial charge in [0, 0.05) is 55.0 Å². The van der Waals surface area contributed by atoms with E-state index in [-0.39, 0.29) is 16.9 Å².